The highest BCUT2D eigenvalue weighted by molar-refractivity contribution is 7.10. The summed E-state index contributed by atoms with van der Waals surface area (Å²) in [7, 11) is 0. The molecule has 0 unspecified atom stereocenters. The Hall–Kier alpha value is -1.98. The van der Waals surface area contributed by atoms with E-state index in [2.05, 4.69) is 0 Å². The van der Waals surface area contributed by atoms with E-state index in [1.165, 1.54) is 6.07 Å². The Kier molecular flexibility index (Phi) is 5.20. The summed E-state index contributed by atoms with van der Waals surface area (Å²) in [5.41, 5.74) is 0.444. The predicted octanol–water partition coefficient (Wildman–Crippen LogP) is 4.72. The van der Waals surface area contributed by atoms with Crippen molar-refractivity contribution in [2.24, 2.45) is 0 Å². The lowest BCUT2D eigenvalue weighted by molar-refractivity contribution is -0.131. The second kappa shape index (κ2) is 7.53. The summed E-state index contributed by atoms with van der Waals surface area (Å²) < 4.78 is 13.8. The van der Waals surface area contributed by atoms with Crippen LogP contribution in [0.4, 0.5) is 4.39 Å². The molecule has 23 heavy (non-hydrogen) atoms. The smallest absolute Gasteiger partial charge is 0.227 e. The molecular formula is C18H16FNOS2. The summed E-state index contributed by atoms with van der Waals surface area (Å²) in [5, 5.41) is 4.00. The molecule has 0 spiro atoms. The molecule has 0 aliphatic carbocycles. The van der Waals surface area contributed by atoms with Gasteiger partial charge in [0.15, 0.2) is 0 Å². The average Bonchev–Trinajstić information content (AvgIpc) is 3.22. The van der Waals surface area contributed by atoms with Crippen LogP contribution in [0.5, 0.6) is 0 Å². The zero-order valence-corrected chi connectivity index (χ0v) is 14.1. The first kappa shape index (κ1) is 15.9. The third-order valence-electron chi connectivity index (χ3n) is 3.51. The molecule has 0 N–H and O–H groups in total. The van der Waals surface area contributed by atoms with E-state index in [0.717, 1.165) is 9.75 Å². The van der Waals surface area contributed by atoms with Crippen LogP contribution in [0.3, 0.4) is 0 Å². The van der Waals surface area contributed by atoms with Crippen LogP contribution in [0.15, 0.2) is 59.3 Å². The van der Waals surface area contributed by atoms with E-state index in [0.29, 0.717) is 18.7 Å². The molecule has 2 nitrogen and oxygen atoms in total. The fourth-order valence-corrected chi connectivity index (χ4v) is 3.77. The Morgan fingerprint density at radius 2 is 1.52 bits per heavy atom. The number of carbonyl (C=O) groups is 1. The minimum absolute atomic E-state index is 0.0584. The van der Waals surface area contributed by atoms with Crippen molar-refractivity contribution in [1.82, 2.24) is 4.90 Å². The summed E-state index contributed by atoms with van der Waals surface area (Å²) in [6.45, 7) is 1.12. The minimum atomic E-state index is -0.326. The Bertz CT molecular complexity index is 717. The Balaban J connectivity index is 1.76. The van der Waals surface area contributed by atoms with E-state index in [9.17, 15) is 9.18 Å². The second-order valence-electron chi connectivity index (χ2n) is 5.18. The van der Waals surface area contributed by atoms with Gasteiger partial charge in [0, 0.05) is 9.75 Å². The molecule has 0 aliphatic rings. The van der Waals surface area contributed by atoms with Gasteiger partial charge in [-0.05, 0) is 34.5 Å². The van der Waals surface area contributed by atoms with E-state index in [1.807, 2.05) is 35.0 Å². The number of nitrogens with zero attached hydrogens (tertiary/aromatic N) is 1. The molecule has 3 aromatic rings. The molecule has 1 amide bonds. The fraction of sp³-hybridized carbons (Fsp3) is 0.167. The van der Waals surface area contributed by atoms with Crippen LogP contribution in [0.25, 0.3) is 0 Å². The van der Waals surface area contributed by atoms with Crippen LogP contribution in [-0.4, -0.2) is 10.8 Å². The molecule has 2 aromatic heterocycles. The van der Waals surface area contributed by atoms with Crippen LogP contribution < -0.4 is 0 Å². The summed E-state index contributed by atoms with van der Waals surface area (Å²) in [5.74, 6) is -0.384. The topological polar surface area (TPSA) is 20.3 Å². The van der Waals surface area contributed by atoms with E-state index in [4.69, 9.17) is 0 Å². The van der Waals surface area contributed by atoms with Crippen LogP contribution >= 0.6 is 22.7 Å². The van der Waals surface area contributed by atoms with Gasteiger partial charge < -0.3 is 4.90 Å². The van der Waals surface area contributed by atoms with Crippen molar-refractivity contribution in [3.05, 3.63) is 80.4 Å². The molecule has 0 aliphatic heterocycles. The van der Waals surface area contributed by atoms with Gasteiger partial charge >= 0.3 is 0 Å². The SMILES string of the molecule is O=C(Cc1ccccc1F)N(Cc1cccs1)Cc1cccs1. The summed E-state index contributed by atoms with van der Waals surface area (Å²) >= 11 is 3.25. The van der Waals surface area contributed by atoms with E-state index in [1.54, 1.807) is 45.8 Å². The van der Waals surface area contributed by atoms with Gasteiger partial charge in [-0.2, -0.15) is 0 Å². The first-order valence-electron chi connectivity index (χ1n) is 7.28. The van der Waals surface area contributed by atoms with Gasteiger partial charge in [0.05, 0.1) is 19.5 Å². The lowest BCUT2D eigenvalue weighted by Crippen LogP contribution is -2.31. The van der Waals surface area contributed by atoms with Crippen molar-refractivity contribution >= 4 is 28.6 Å². The maximum Gasteiger partial charge on any atom is 0.227 e. The normalized spacial score (nSPS) is 10.7. The van der Waals surface area contributed by atoms with Gasteiger partial charge in [-0.25, -0.2) is 4.39 Å². The summed E-state index contributed by atoms with van der Waals surface area (Å²) in [6, 6.07) is 14.4. The van der Waals surface area contributed by atoms with Gasteiger partial charge in [-0.3, -0.25) is 4.79 Å². The number of hydrogen-bond acceptors (Lipinski definition) is 3. The van der Waals surface area contributed by atoms with E-state index in [-0.39, 0.29) is 18.1 Å². The number of amides is 1. The number of benzene rings is 1. The van der Waals surface area contributed by atoms with Gasteiger partial charge in [-0.15, -0.1) is 22.7 Å². The highest BCUT2D eigenvalue weighted by Gasteiger charge is 2.17. The molecule has 3 rings (SSSR count). The molecule has 1 aromatic carbocycles. The molecule has 0 atom stereocenters. The minimum Gasteiger partial charge on any atom is -0.332 e. The fourth-order valence-electron chi connectivity index (χ4n) is 2.33. The monoisotopic (exact) mass is 345 g/mol. The van der Waals surface area contributed by atoms with Crippen molar-refractivity contribution in [3.8, 4) is 0 Å². The largest absolute Gasteiger partial charge is 0.332 e. The number of thiophene rings is 2. The Morgan fingerprint density at radius 1 is 0.913 bits per heavy atom. The predicted molar refractivity (Wildman–Crippen MR) is 93.0 cm³/mol. The molecule has 0 saturated carbocycles. The van der Waals surface area contributed by atoms with Crippen molar-refractivity contribution in [3.63, 3.8) is 0 Å². The van der Waals surface area contributed by atoms with Crippen molar-refractivity contribution < 1.29 is 9.18 Å². The van der Waals surface area contributed by atoms with E-state index >= 15 is 0 Å². The Morgan fingerprint density at radius 3 is 2.04 bits per heavy atom. The molecule has 118 valence electrons. The lowest BCUT2D eigenvalue weighted by atomic mass is 10.1. The van der Waals surface area contributed by atoms with Crippen LogP contribution in [0, 0.1) is 5.82 Å². The number of carbonyl (C=O) groups excluding carboxylic acids is 1. The van der Waals surface area contributed by atoms with Crippen LogP contribution in [0.2, 0.25) is 0 Å². The molecule has 0 radical (unpaired) electrons. The van der Waals surface area contributed by atoms with Crippen molar-refractivity contribution in [2.75, 3.05) is 0 Å². The molecule has 5 heteroatoms. The third-order valence-corrected chi connectivity index (χ3v) is 5.23. The van der Waals surface area contributed by atoms with Crippen molar-refractivity contribution in [2.45, 2.75) is 19.5 Å². The standard InChI is InChI=1S/C18H16FNOS2/c19-17-8-2-1-5-14(17)11-18(21)20(12-15-6-3-9-22-15)13-16-7-4-10-23-16/h1-10H,11-13H2. The first-order chi connectivity index (χ1) is 11.2. The summed E-state index contributed by atoms with van der Waals surface area (Å²) in [6.07, 6.45) is 0.0867. The van der Waals surface area contributed by atoms with Gasteiger partial charge in [0.1, 0.15) is 5.82 Å². The Labute approximate surface area is 142 Å². The maximum absolute atomic E-state index is 13.8. The average molecular weight is 345 g/mol. The molecule has 2 heterocycles. The maximum atomic E-state index is 13.8. The van der Waals surface area contributed by atoms with Gasteiger partial charge in [0.25, 0.3) is 0 Å². The zero-order valence-electron chi connectivity index (χ0n) is 12.4. The van der Waals surface area contributed by atoms with Gasteiger partial charge in [0.2, 0.25) is 5.91 Å². The van der Waals surface area contributed by atoms with E-state index < -0.39 is 0 Å². The zero-order chi connectivity index (χ0) is 16.1. The van der Waals surface area contributed by atoms with Gasteiger partial charge in [-0.1, -0.05) is 30.3 Å². The number of halogens is 1. The highest BCUT2D eigenvalue weighted by Crippen LogP contribution is 2.19. The highest BCUT2D eigenvalue weighted by atomic mass is 32.1. The van der Waals surface area contributed by atoms with Crippen LogP contribution in [-0.2, 0) is 24.3 Å². The van der Waals surface area contributed by atoms with Crippen LogP contribution in [0.1, 0.15) is 15.3 Å². The van der Waals surface area contributed by atoms with Crippen molar-refractivity contribution in [1.29, 1.82) is 0 Å². The quantitative estimate of drug-likeness (QED) is 0.633. The second-order valence-corrected chi connectivity index (χ2v) is 7.24. The number of rotatable bonds is 6. The molecule has 0 bridgehead atoms. The molecular weight excluding hydrogens is 329 g/mol. The third kappa shape index (κ3) is 4.27. The molecule has 0 saturated heterocycles. The lowest BCUT2D eigenvalue weighted by Gasteiger charge is -2.22. The molecule has 0 fully saturated rings. The number of hydrogen-bond donors (Lipinski definition) is 0. The summed E-state index contributed by atoms with van der Waals surface area (Å²) in [4.78, 5) is 16.7. The first-order valence-corrected chi connectivity index (χ1v) is 9.04.